The molecule has 3 aliphatic rings. The summed E-state index contributed by atoms with van der Waals surface area (Å²) in [5, 5.41) is 10.2. The highest BCUT2D eigenvalue weighted by atomic mass is 16.5. The van der Waals surface area contributed by atoms with Gasteiger partial charge in [-0.2, -0.15) is 15.0 Å². The molecular weight excluding hydrogens is 654 g/mol. The molecule has 1 aromatic rings. The van der Waals surface area contributed by atoms with Crippen molar-refractivity contribution in [3.8, 4) is 0 Å². The van der Waals surface area contributed by atoms with E-state index in [4.69, 9.17) is 29.2 Å². The second-order valence-electron chi connectivity index (χ2n) is 19.7. The van der Waals surface area contributed by atoms with Gasteiger partial charge in [0, 0.05) is 59.5 Å². The van der Waals surface area contributed by atoms with Crippen molar-refractivity contribution >= 4 is 17.8 Å². The minimum atomic E-state index is 0.0562. The maximum Gasteiger partial charge on any atom is 0.231 e. The van der Waals surface area contributed by atoms with E-state index in [-0.39, 0.29) is 51.5 Å². The van der Waals surface area contributed by atoms with Crippen LogP contribution in [0, 0.1) is 0 Å². The fourth-order valence-electron chi connectivity index (χ4n) is 9.07. The highest BCUT2D eigenvalue weighted by Crippen LogP contribution is 2.40. The van der Waals surface area contributed by atoms with Crippen LogP contribution in [0.1, 0.15) is 134 Å². The Morgan fingerprint density at radius 2 is 0.731 bits per heavy atom. The Morgan fingerprint density at radius 3 is 1.04 bits per heavy atom. The second kappa shape index (κ2) is 16.5. The quantitative estimate of drug-likeness (QED) is 0.122. The molecule has 3 fully saturated rings. The summed E-state index contributed by atoms with van der Waals surface area (Å²) in [6, 6.07) is 0. The fraction of sp³-hybridized carbons (Fsp3) is 0.925. The van der Waals surface area contributed by atoms with Gasteiger partial charge in [-0.1, -0.05) is 0 Å². The molecule has 0 radical (unpaired) electrons. The third kappa shape index (κ3) is 11.1. The fourth-order valence-corrected chi connectivity index (χ4v) is 9.07. The summed E-state index contributed by atoms with van der Waals surface area (Å²) in [6.45, 7) is 30.8. The number of nitrogens with one attached hydrogen (secondary N) is 3. The number of nitrogens with zero attached hydrogens (tertiary/aromatic N) is 6. The van der Waals surface area contributed by atoms with Crippen LogP contribution >= 0.6 is 0 Å². The van der Waals surface area contributed by atoms with Gasteiger partial charge >= 0.3 is 0 Å². The van der Waals surface area contributed by atoms with Crippen LogP contribution in [-0.2, 0) is 14.2 Å². The van der Waals surface area contributed by atoms with Crippen LogP contribution in [0.3, 0.4) is 0 Å². The molecule has 0 spiro atoms. The molecule has 1 aromatic heterocycles. The number of ether oxygens (including phenoxy) is 3. The Hall–Kier alpha value is -1.83. The first-order chi connectivity index (χ1) is 23.9. The van der Waals surface area contributed by atoms with Crippen molar-refractivity contribution in [2.24, 2.45) is 0 Å². The summed E-state index contributed by atoms with van der Waals surface area (Å²) in [4.78, 5) is 21.6. The monoisotopic (exact) mass is 732 g/mol. The molecule has 0 amide bonds. The average molecular weight is 732 g/mol. The zero-order chi connectivity index (χ0) is 38.8. The van der Waals surface area contributed by atoms with Gasteiger partial charge in [0.15, 0.2) is 0 Å². The molecule has 3 saturated heterocycles. The number of hydrogen-bond donors (Lipinski definition) is 3. The molecule has 4 heterocycles. The van der Waals surface area contributed by atoms with Crippen molar-refractivity contribution in [3.05, 3.63) is 0 Å². The van der Waals surface area contributed by atoms with Crippen LogP contribution in [0.15, 0.2) is 0 Å². The summed E-state index contributed by atoms with van der Waals surface area (Å²) in [7, 11) is 6.68. The average Bonchev–Trinajstić information content (AvgIpc) is 3.00. The Morgan fingerprint density at radius 1 is 0.462 bits per heavy atom. The predicted molar refractivity (Wildman–Crippen MR) is 214 cm³/mol. The summed E-state index contributed by atoms with van der Waals surface area (Å²) in [5.41, 5.74) is 0.552. The van der Waals surface area contributed by atoms with Gasteiger partial charge in [0.1, 0.15) is 6.73 Å². The van der Waals surface area contributed by atoms with Crippen molar-refractivity contribution in [1.82, 2.24) is 29.7 Å². The zero-order valence-electron chi connectivity index (χ0n) is 35.8. The molecule has 0 unspecified atom stereocenters. The molecule has 0 aromatic carbocycles. The first-order valence-electron chi connectivity index (χ1n) is 20.0. The van der Waals surface area contributed by atoms with Gasteiger partial charge in [-0.15, -0.1) is 0 Å². The molecule has 0 saturated carbocycles. The lowest BCUT2D eigenvalue weighted by Crippen LogP contribution is -2.60. The molecule has 52 heavy (non-hydrogen) atoms. The first-order valence-corrected chi connectivity index (χ1v) is 20.0. The topological polar surface area (TPSA) is 112 Å². The normalized spacial score (nSPS) is 25.2. The molecule has 0 aliphatic carbocycles. The van der Waals surface area contributed by atoms with Crippen LogP contribution < -0.4 is 16.0 Å². The van der Waals surface area contributed by atoms with Crippen LogP contribution in [0.25, 0.3) is 0 Å². The maximum atomic E-state index is 6.40. The summed E-state index contributed by atoms with van der Waals surface area (Å²) in [5.74, 6) is 1.57. The molecular formula is C40H77N9O3. The lowest BCUT2D eigenvalue weighted by atomic mass is 9.79. The third-order valence-corrected chi connectivity index (χ3v) is 12.9. The molecule has 3 aliphatic heterocycles. The van der Waals surface area contributed by atoms with Gasteiger partial charge in [0.2, 0.25) is 17.8 Å². The first kappa shape index (κ1) is 42.9. The summed E-state index contributed by atoms with van der Waals surface area (Å²) >= 11 is 0. The van der Waals surface area contributed by atoms with E-state index < -0.39 is 0 Å². The van der Waals surface area contributed by atoms with Gasteiger partial charge in [-0.25, -0.2) is 0 Å². The molecule has 3 N–H and O–H groups in total. The SMILES string of the molecule is CN1C(C)(C)CC(OCCCNc2nc(NCCCOC3CC(C)(C)N(C)C(C)(C)C3)nc(NCOC3CC(C)(C)N(C)C(C)(C)C3)n2)CC1(C)C. The molecule has 12 heteroatoms. The highest BCUT2D eigenvalue weighted by molar-refractivity contribution is 5.42. The summed E-state index contributed by atoms with van der Waals surface area (Å²) < 4.78 is 19.2. The number of piperidine rings is 3. The smallest absolute Gasteiger partial charge is 0.231 e. The van der Waals surface area contributed by atoms with E-state index in [1.807, 2.05) is 0 Å². The molecule has 0 atom stereocenters. The van der Waals surface area contributed by atoms with Crippen molar-refractivity contribution < 1.29 is 14.2 Å². The van der Waals surface area contributed by atoms with E-state index in [0.29, 0.717) is 50.9 Å². The van der Waals surface area contributed by atoms with E-state index in [9.17, 15) is 0 Å². The van der Waals surface area contributed by atoms with Gasteiger partial charge in [0.25, 0.3) is 0 Å². The Kier molecular flexibility index (Phi) is 13.6. The lowest BCUT2D eigenvalue weighted by Gasteiger charge is -2.53. The van der Waals surface area contributed by atoms with Gasteiger partial charge < -0.3 is 30.2 Å². The zero-order valence-corrected chi connectivity index (χ0v) is 35.8. The van der Waals surface area contributed by atoms with E-state index in [1.165, 1.54) is 0 Å². The largest absolute Gasteiger partial charge is 0.378 e. The van der Waals surface area contributed by atoms with E-state index in [1.54, 1.807) is 0 Å². The minimum Gasteiger partial charge on any atom is -0.378 e. The predicted octanol–water partition coefficient (Wildman–Crippen LogP) is 6.85. The third-order valence-electron chi connectivity index (χ3n) is 12.9. The second-order valence-corrected chi connectivity index (χ2v) is 19.7. The number of aromatic nitrogens is 3. The highest BCUT2D eigenvalue weighted by Gasteiger charge is 2.45. The van der Waals surface area contributed by atoms with Gasteiger partial charge in [-0.3, -0.25) is 14.7 Å². The number of rotatable bonds is 16. The Balaban J connectivity index is 1.30. The number of hydrogen-bond acceptors (Lipinski definition) is 12. The van der Waals surface area contributed by atoms with Crippen molar-refractivity contribution in [2.75, 3.05) is 70.1 Å². The number of likely N-dealkylation sites (tertiary alicyclic amines) is 3. The van der Waals surface area contributed by atoms with Crippen molar-refractivity contribution in [2.45, 2.75) is 186 Å². The van der Waals surface area contributed by atoms with Crippen LogP contribution in [-0.4, -0.2) is 135 Å². The number of anilines is 3. The maximum absolute atomic E-state index is 6.40. The van der Waals surface area contributed by atoms with E-state index in [0.717, 1.165) is 51.4 Å². The van der Waals surface area contributed by atoms with Gasteiger partial charge in [-0.05, 0) is 156 Å². The Labute approximate surface area is 317 Å². The van der Waals surface area contributed by atoms with Crippen LogP contribution in [0.4, 0.5) is 17.8 Å². The van der Waals surface area contributed by atoms with Crippen molar-refractivity contribution in [1.29, 1.82) is 0 Å². The standard InChI is InChI=1S/C40H77N9O3/c1-35(2)22-29(23-36(3,4)47(35)13)50-20-16-18-41-32-44-33(42-19-17-21-51-30-24-37(5,6)48(14)38(7,8)25-30)46-34(45-32)43-28-52-31-26-39(9,10)49(15)40(11,12)27-31/h29-31H,16-28H2,1-15H3,(H3,41,42,43,44,45,46). The molecule has 0 bridgehead atoms. The van der Waals surface area contributed by atoms with Crippen molar-refractivity contribution in [3.63, 3.8) is 0 Å². The van der Waals surface area contributed by atoms with E-state index >= 15 is 0 Å². The van der Waals surface area contributed by atoms with Gasteiger partial charge in [0.05, 0.1) is 18.3 Å². The molecule has 300 valence electrons. The van der Waals surface area contributed by atoms with Crippen LogP contribution in [0.5, 0.6) is 0 Å². The molecule has 4 rings (SSSR count). The Bertz CT molecular complexity index is 1180. The molecule has 12 nitrogen and oxygen atoms in total. The summed E-state index contributed by atoms with van der Waals surface area (Å²) in [6.07, 6.45) is 8.44. The van der Waals surface area contributed by atoms with E-state index in [2.05, 4.69) is 135 Å². The van der Waals surface area contributed by atoms with Crippen LogP contribution in [0.2, 0.25) is 0 Å². The lowest BCUT2D eigenvalue weighted by molar-refractivity contribution is -0.0916. The minimum absolute atomic E-state index is 0.0562.